The second-order valence-corrected chi connectivity index (χ2v) is 5.40. The van der Waals surface area contributed by atoms with Crippen LogP contribution >= 0.6 is 34.8 Å². The van der Waals surface area contributed by atoms with E-state index in [1.807, 2.05) is 31.2 Å². The van der Waals surface area contributed by atoms with Gasteiger partial charge in [0.05, 0.1) is 10.0 Å². The standard InChI is InChI=1S/C14H12Cl3NO/c1-8(10-4-2-3-5-11(10)15)18-9-6-12(16)14(19)13(17)7-9/h2-8,18-19H,1H3. The maximum atomic E-state index is 9.51. The molecule has 2 rings (SSSR count). The predicted octanol–water partition coefficient (Wildman–Crippen LogP) is 5.53. The summed E-state index contributed by atoms with van der Waals surface area (Å²) in [5, 5.41) is 13.9. The van der Waals surface area contributed by atoms with E-state index in [1.54, 1.807) is 12.1 Å². The summed E-state index contributed by atoms with van der Waals surface area (Å²) in [6, 6.07) is 10.8. The molecular formula is C14H12Cl3NO. The van der Waals surface area contributed by atoms with Crippen molar-refractivity contribution >= 4 is 40.5 Å². The Labute approximate surface area is 126 Å². The number of phenols is 1. The molecule has 2 N–H and O–H groups in total. The predicted molar refractivity (Wildman–Crippen MR) is 81.6 cm³/mol. The Hall–Kier alpha value is -1.09. The number of benzene rings is 2. The minimum absolute atomic E-state index is 0.00891. The molecule has 0 aromatic heterocycles. The zero-order chi connectivity index (χ0) is 14.0. The highest BCUT2D eigenvalue weighted by molar-refractivity contribution is 6.37. The number of aromatic hydroxyl groups is 1. The van der Waals surface area contributed by atoms with Gasteiger partial charge in [-0.25, -0.2) is 0 Å². The van der Waals surface area contributed by atoms with Crippen LogP contribution in [0.15, 0.2) is 36.4 Å². The number of anilines is 1. The molecule has 19 heavy (non-hydrogen) atoms. The maximum absolute atomic E-state index is 9.51. The molecule has 0 saturated carbocycles. The normalized spacial score (nSPS) is 12.2. The first-order chi connectivity index (χ1) is 8.99. The van der Waals surface area contributed by atoms with Gasteiger partial charge in [-0.3, -0.25) is 0 Å². The van der Waals surface area contributed by atoms with Crippen LogP contribution in [0.5, 0.6) is 5.75 Å². The molecule has 0 radical (unpaired) electrons. The molecule has 100 valence electrons. The smallest absolute Gasteiger partial charge is 0.152 e. The SMILES string of the molecule is CC(Nc1cc(Cl)c(O)c(Cl)c1)c1ccccc1Cl. The highest BCUT2D eigenvalue weighted by Crippen LogP contribution is 2.36. The third kappa shape index (κ3) is 3.27. The Morgan fingerprint density at radius 3 is 2.16 bits per heavy atom. The van der Waals surface area contributed by atoms with Gasteiger partial charge in [0.15, 0.2) is 5.75 Å². The van der Waals surface area contributed by atoms with E-state index in [0.717, 1.165) is 11.3 Å². The zero-order valence-electron chi connectivity index (χ0n) is 10.1. The number of rotatable bonds is 3. The quantitative estimate of drug-likeness (QED) is 0.730. The van der Waals surface area contributed by atoms with E-state index in [9.17, 15) is 5.11 Å². The number of hydrogen-bond acceptors (Lipinski definition) is 2. The van der Waals surface area contributed by atoms with Crippen molar-refractivity contribution < 1.29 is 5.11 Å². The van der Waals surface area contributed by atoms with Gasteiger partial charge in [0, 0.05) is 16.8 Å². The molecular weight excluding hydrogens is 305 g/mol. The van der Waals surface area contributed by atoms with Crippen LogP contribution in [0.4, 0.5) is 5.69 Å². The average Bonchev–Trinajstić information content (AvgIpc) is 2.36. The Kier molecular flexibility index (Phi) is 4.46. The van der Waals surface area contributed by atoms with Gasteiger partial charge >= 0.3 is 0 Å². The van der Waals surface area contributed by atoms with E-state index in [4.69, 9.17) is 34.8 Å². The molecule has 0 heterocycles. The van der Waals surface area contributed by atoms with Crippen LogP contribution in [0.2, 0.25) is 15.1 Å². The van der Waals surface area contributed by atoms with Crippen LogP contribution in [0.25, 0.3) is 0 Å². The third-order valence-corrected chi connectivity index (χ3v) is 3.69. The number of hydrogen-bond donors (Lipinski definition) is 2. The molecule has 5 heteroatoms. The van der Waals surface area contributed by atoms with Gasteiger partial charge in [-0.05, 0) is 30.7 Å². The topological polar surface area (TPSA) is 32.3 Å². The summed E-state index contributed by atoms with van der Waals surface area (Å²) in [5.74, 6) is -0.112. The van der Waals surface area contributed by atoms with Crippen molar-refractivity contribution in [1.82, 2.24) is 0 Å². The van der Waals surface area contributed by atoms with Crippen molar-refractivity contribution in [2.45, 2.75) is 13.0 Å². The number of phenolic OH excluding ortho intramolecular Hbond substituents is 1. The second-order valence-electron chi connectivity index (χ2n) is 4.18. The summed E-state index contributed by atoms with van der Waals surface area (Å²) in [5.41, 5.74) is 1.70. The fourth-order valence-electron chi connectivity index (χ4n) is 1.80. The van der Waals surface area contributed by atoms with Gasteiger partial charge in [-0.15, -0.1) is 0 Å². The Morgan fingerprint density at radius 2 is 1.58 bits per heavy atom. The van der Waals surface area contributed by atoms with E-state index < -0.39 is 0 Å². The minimum Gasteiger partial charge on any atom is -0.505 e. The zero-order valence-corrected chi connectivity index (χ0v) is 12.4. The highest BCUT2D eigenvalue weighted by atomic mass is 35.5. The summed E-state index contributed by atoms with van der Waals surface area (Å²) in [4.78, 5) is 0. The average molecular weight is 317 g/mol. The lowest BCUT2D eigenvalue weighted by molar-refractivity contribution is 0.476. The summed E-state index contributed by atoms with van der Waals surface area (Å²) >= 11 is 17.9. The second kappa shape index (κ2) is 5.91. The molecule has 2 aromatic carbocycles. The van der Waals surface area contributed by atoms with Crippen molar-refractivity contribution in [2.75, 3.05) is 5.32 Å². The summed E-state index contributed by atoms with van der Waals surface area (Å²) in [7, 11) is 0. The van der Waals surface area contributed by atoms with Crippen LogP contribution in [0, 0.1) is 0 Å². The molecule has 0 bridgehead atoms. The lowest BCUT2D eigenvalue weighted by Gasteiger charge is -2.17. The summed E-state index contributed by atoms with van der Waals surface area (Å²) in [6.45, 7) is 1.98. The largest absolute Gasteiger partial charge is 0.505 e. The molecule has 0 amide bonds. The van der Waals surface area contributed by atoms with Crippen LogP contribution in [0.3, 0.4) is 0 Å². The molecule has 2 nitrogen and oxygen atoms in total. The molecule has 0 aliphatic rings. The Morgan fingerprint density at radius 1 is 1.00 bits per heavy atom. The monoisotopic (exact) mass is 315 g/mol. The van der Waals surface area contributed by atoms with E-state index in [1.165, 1.54) is 0 Å². The lowest BCUT2D eigenvalue weighted by atomic mass is 10.1. The number of nitrogens with one attached hydrogen (secondary N) is 1. The maximum Gasteiger partial charge on any atom is 0.152 e. The third-order valence-electron chi connectivity index (χ3n) is 2.77. The molecule has 0 aliphatic heterocycles. The van der Waals surface area contributed by atoms with Crippen molar-refractivity contribution in [1.29, 1.82) is 0 Å². The van der Waals surface area contributed by atoms with E-state index in [0.29, 0.717) is 5.02 Å². The molecule has 0 fully saturated rings. The van der Waals surface area contributed by atoms with Crippen molar-refractivity contribution in [3.8, 4) is 5.75 Å². The first kappa shape index (κ1) is 14.3. The Balaban J connectivity index is 2.24. The van der Waals surface area contributed by atoms with Crippen molar-refractivity contribution in [2.24, 2.45) is 0 Å². The summed E-state index contributed by atoms with van der Waals surface area (Å²) < 4.78 is 0. The van der Waals surface area contributed by atoms with Crippen LogP contribution in [-0.2, 0) is 0 Å². The van der Waals surface area contributed by atoms with E-state index >= 15 is 0 Å². The lowest BCUT2D eigenvalue weighted by Crippen LogP contribution is -2.07. The molecule has 0 spiro atoms. The fourth-order valence-corrected chi connectivity index (χ4v) is 2.59. The summed E-state index contributed by atoms with van der Waals surface area (Å²) in [6.07, 6.45) is 0. The van der Waals surface area contributed by atoms with Crippen LogP contribution in [-0.4, -0.2) is 5.11 Å². The van der Waals surface area contributed by atoms with Crippen LogP contribution < -0.4 is 5.32 Å². The molecule has 1 unspecified atom stereocenters. The number of halogens is 3. The molecule has 0 saturated heterocycles. The first-order valence-electron chi connectivity index (χ1n) is 5.68. The van der Waals surface area contributed by atoms with E-state index in [2.05, 4.69) is 5.32 Å². The molecule has 1 atom stereocenters. The van der Waals surface area contributed by atoms with Gasteiger partial charge in [0.25, 0.3) is 0 Å². The van der Waals surface area contributed by atoms with Gasteiger partial charge < -0.3 is 10.4 Å². The van der Waals surface area contributed by atoms with E-state index in [-0.39, 0.29) is 21.8 Å². The highest BCUT2D eigenvalue weighted by Gasteiger charge is 2.11. The molecule has 0 aliphatic carbocycles. The van der Waals surface area contributed by atoms with Gasteiger partial charge in [0.1, 0.15) is 0 Å². The van der Waals surface area contributed by atoms with Crippen LogP contribution in [0.1, 0.15) is 18.5 Å². The fraction of sp³-hybridized carbons (Fsp3) is 0.143. The Bertz CT molecular complexity index is 578. The van der Waals surface area contributed by atoms with Gasteiger partial charge in [-0.1, -0.05) is 53.0 Å². The van der Waals surface area contributed by atoms with Gasteiger partial charge in [-0.2, -0.15) is 0 Å². The molecule has 2 aromatic rings. The first-order valence-corrected chi connectivity index (χ1v) is 6.81. The van der Waals surface area contributed by atoms with Gasteiger partial charge in [0.2, 0.25) is 0 Å². The minimum atomic E-state index is -0.112. The van der Waals surface area contributed by atoms with Crippen molar-refractivity contribution in [3.63, 3.8) is 0 Å². The van der Waals surface area contributed by atoms with Crippen molar-refractivity contribution in [3.05, 3.63) is 57.0 Å².